The molecular weight excluding hydrogens is 292 g/mol. The lowest BCUT2D eigenvalue weighted by Crippen LogP contribution is -2.27. The highest BCUT2D eigenvalue weighted by Gasteiger charge is 2.09. The van der Waals surface area contributed by atoms with Crippen LogP contribution in [0.1, 0.15) is 39.0 Å². The molecule has 0 bridgehead atoms. The topological polar surface area (TPSA) is 73.1 Å². The Bertz CT molecular complexity index is 416. The van der Waals surface area contributed by atoms with Crippen LogP contribution >= 0.6 is 12.4 Å². The van der Waals surface area contributed by atoms with E-state index in [0.29, 0.717) is 6.54 Å². The first-order valence-electron chi connectivity index (χ1n) is 7.25. The van der Waals surface area contributed by atoms with Crippen molar-refractivity contribution in [3.63, 3.8) is 0 Å². The van der Waals surface area contributed by atoms with Crippen LogP contribution in [0.3, 0.4) is 0 Å². The maximum Gasteiger partial charge on any atom is 0.149 e. The number of aromatic hydroxyl groups is 1. The minimum atomic E-state index is -0.119. The standard InChI is InChI=1S/C15H24N2O3.ClH/c1-2-3-4-5-6-9-17(10-11-18)13-7-8-14(16-20)15(19)12-13;/h7-8,12,18-19H,2-6,9-11H2,1H3;1H. The Balaban J connectivity index is 0.00000400. The van der Waals surface area contributed by atoms with E-state index in [1.54, 1.807) is 6.07 Å². The summed E-state index contributed by atoms with van der Waals surface area (Å²) < 4.78 is 0. The van der Waals surface area contributed by atoms with E-state index in [0.717, 1.165) is 25.1 Å². The van der Waals surface area contributed by atoms with Crippen molar-refractivity contribution in [3.8, 4) is 5.75 Å². The van der Waals surface area contributed by atoms with Gasteiger partial charge in [0.05, 0.1) is 6.61 Å². The minimum Gasteiger partial charge on any atom is -0.505 e. The molecule has 1 aromatic carbocycles. The van der Waals surface area contributed by atoms with E-state index in [2.05, 4.69) is 12.1 Å². The molecular formula is C15H25ClN2O3. The molecule has 1 rings (SSSR count). The average molecular weight is 317 g/mol. The summed E-state index contributed by atoms with van der Waals surface area (Å²) in [6.07, 6.45) is 5.90. The van der Waals surface area contributed by atoms with E-state index in [4.69, 9.17) is 5.11 Å². The van der Waals surface area contributed by atoms with Gasteiger partial charge in [-0.25, -0.2) is 0 Å². The number of phenols is 1. The number of hydrogen-bond acceptors (Lipinski definition) is 5. The van der Waals surface area contributed by atoms with Crippen LogP contribution in [-0.4, -0.2) is 29.9 Å². The van der Waals surface area contributed by atoms with Crippen LogP contribution < -0.4 is 4.90 Å². The summed E-state index contributed by atoms with van der Waals surface area (Å²) >= 11 is 0. The van der Waals surface area contributed by atoms with Gasteiger partial charge in [-0.2, -0.15) is 0 Å². The van der Waals surface area contributed by atoms with E-state index < -0.39 is 0 Å². The largest absolute Gasteiger partial charge is 0.505 e. The highest BCUT2D eigenvalue weighted by molar-refractivity contribution is 5.85. The maximum absolute atomic E-state index is 10.4. The Morgan fingerprint density at radius 3 is 2.43 bits per heavy atom. The molecule has 6 heteroatoms. The Labute approximate surface area is 132 Å². The molecule has 0 fully saturated rings. The zero-order valence-electron chi connectivity index (χ0n) is 12.5. The second-order valence-electron chi connectivity index (χ2n) is 4.89. The van der Waals surface area contributed by atoms with Crippen LogP contribution in [0, 0.1) is 4.91 Å². The Morgan fingerprint density at radius 2 is 1.86 bits per heavy atom. The second kappa shape index (κ2) is 11.3. The molecule has 0 aliphatic heterocycles. The van der Waals surface area contributed by atoms with Crippen molar-refractivity contribution in [2.45, 2.75) is 39.0 Å². The molecule has 21 heavy (non-hydrogen) atoms. The van der Waals surface area contributed by atoms with Crippen LogP contribution in [0.25, 0.3) is 0 Å². The molecule has 0 radical (unpaired) electrons. The normalized spacial score (nSPS) is 10.0. The quantitative estimate of drug-likeness (QED) is 0.506. The summed E-state index contributed by atoms with van der Waals surface area (Å²) in [5.41, 5.74) is 0.847. The lowest BCUT2D eigenvalue weighted by molar-refractivity contribution is 0.301. The van der Waals surface area contributed by atoms with Gasteiger partial charge in [0.1, 0.15) is 11.4 Å². The summed E-state index contributed by atoms with van der Waals surface area (Å²) in [6, 6.07) is 4.77. The van der Waals surface area contributed by atoms with Gasteiger partial charge in [-0.05, 0) is 23.7 Å². The van der Waals surface area contributed by atoms with Crippen LogP contribution in [0.5, 0.6) is 5.75 Å². The monoisotopic (exact) mass is 316 g/mol. The third kappa shape index (κ3) is 6.78. The number of nitrogens with zero attached hydrogens (tertiary/aromatic N) is 2. The van der Waals surface area contributed by atoms with Gasteiger partial charge >= 0.3 is 0 Å². The zero-order valence-corrected chi connectivity index (χ0v) is 13.3. The molecule has 1 aromatic rings. The molecule has 0 saturated carbocycles. The molecule has 0 aliphatic rings. The molecule has 0 amide bonds. The van der Waals surface area contributed by atoms with Gasteiger partial charge in [-0.1, -0.05) is 32.6 Å². The van der Waals surface area contributed by atoms with Gasteiger partial charge in [0.25, 0.3) is 0 Å². The number of aliphatic hydroxyl groups is 1. The van der Waals surface area contributed by atoms with Crippen molar-refractivity contribution in [1.29, 1.82) is 0 Å². The van der Waals surface area contributed by atoms with Crippen LogP contribution in [0.4, 0.5) is 11.4 Å². The Kier molecular flexibility index (Phi) is 10.6. The molecule has 0 unspecified atom stereocenters. The number of unbranched alkanes of at least 4 members (excludes halogenated alkanes) is 4. The SMILES string of the molecule is CCCCCCCN(CCO)c1ccc(N=O)c(O)c1.Cl. The third-order valence-electron chi connectivity index (χ3n) is 3.32. The molecule has 0 atom stereocenters. The summed E-state index contributed by atoms with van der Waals surface area (Å²) in [5.74, 6) is -0.119. The fraction of sp³-hybridized carbons (Fsp3) is 0.600. The Hall–Kier alpha value is -1.33. The van der Waals surface area contributed by atoms with Crippen LogP contribution in [0.15, 0.2) is 23.4 Å². The molecule has 0 heterocycles. The predicted molar refractivity (Wildman–Crippen MR) is 88.9 cm³/mol. The van der Waals surface area contributed by atoms with E-state index in [1.807, 2.05) is 4.90 Å². The van der Waals surface area contributed by atoms with Gasteiger partial charge in [0, 0.05) is 24.8 Å². The van der Waals surface area contributed by atoms with E-state index >= 15 is 0 Å². The van der Waals surface area contributed by atoms with Crippen LogP contribution in [0.2, 0.25) is 0 Å². The number of rotatable bonds is 10. The van der Waals surface area contributed by atoms with Gasteiger partial charge in [-0.3, -0.25) is 0 Å². The number of aliphatic hydroxyl groups excluding tert-OH is 1. The third-order valence-corrected chi connectivity index (χ3v) is 3.32. The lowest BCUT2D eigenvalue weighted by atomic mass is 10.1. The molecule has 0 aliphatic carbocycles. The van der Waals surface area contributed by atoms with Crippen LogP contribution in [-0.2, 0) is 0 Å². The molecule has 120 valence electrons. The van der Waals surface area contributed by atoms with E-state index in [9.17, 15) is 10.0 Å². The predicted octanol–water partition coefficient (Wildman–Crippen LogP) is 3.98. The van der Waals surface area contributed by atoms with Crippen molar-refractivity contribution in [1.82, 2.24) is 0 Å². The molecule has 5 nitrogen and oxygen atoms in total. The summed E-state index contributed by atoms with van der Waals surface area (Å²) in [5, 5.41) is 21.5. The first-order valence-corrected chi connectivity index (χ1v) is 7.25. The number of benzene rings is 1. The van der Waals surface area contributed by atoms with E-state index in [-0.39, 0.29) is 30.5 Å². The zero-order chi connectivity index (χ0) is 14.8. The highest BCUT2D eigenvalue weighted by Crippen LogP contribution is 2.30. The number of phenolic OH excluding ortho intramolecular Hbond substituents is 1. The first kappa shape index (κ1) is 19.7. The van der Waals surface area contributed by atoms with Crippen molar-refractivity contribution in [2.24, 2.45) is 5.18 Å². The molecule has 0 saturated heterocycles. The summed E-state index contributed by atoms with van der Waals surface area (Å²) in [7, 11) is 0. The summed E-state index contributed by atoms with van der Waals surface area (Å²) in [4.78, 5) is 12.5. The molecule has 2 N–H and O–H groups in total. The van der Waals surface area contributed by atoms with Gasteiger partial charge in [0.15, 0.2) is 0 Å². The van der Waals surface area contributed by atoms with Gasteiger partial charge in [0.2, 0.25) is 0 Å². The summed E-state index contributed by atoms with van der Waals surface area (Å²) in [6.45, 7) is 3.59. The van der Waals surface area contributed by atoms with Crippen molar-refractivity contribution in [3.05, 3.63) is 23.1 Å². The minimum absolute atomic E-state index is 0. The van der Waals surface area contributed by atoms with Crippen molar-refractivity contribution >= 4 is 23.8 Å². The van der Waals surface area contributed by atoms with Crippen molar-refractivity contribution < 1.29 is 10.2 Å². The van der Waals surface area contributed by atoms with Gasteiger partial charge < -0.3 is 15.1 Å². The maximum atomic E-state index is 10.4. The number of anilines is 1. The average Bonchev–Trinajstić information content (AvgIpc) is 2.46. The highest BCUT2D eigenvalue weighted by atomic mass is 35.5. The van der Waals surface area contributed by atoms with E-state index in [1.165, 1.54) is 31.4 Å². The Morgan fingerprint density at radius 1 is 1.14 bits per heavy atom. The fourth-order valence-corrected chi connectivity index (χ4v) is 2.18. The lowest BCUT2D eigenvalue weighted by Gasteiger charge is -2.24. The fourth-order valence-electron chi connectivity index (χ4n) is 2.18. The number of hydrogen-bond donors (Lipinski definition) is 2. The second-order valence-corrected chi connectivity index (χ2v) is 4.89. The molecule has 0 aromatic heterocycles. The van der Waals surface area contributed by atoms with Gasteiger partial charge in [-0.15, -0.1) is 17.3 Å². The number of nitroso groups, excluding NO2 is 1. The number of halogens is 1. The van der Waals surface area contributed by atoms with Crippen molar-refractivity contribution in [2.75, 3.05) is 24.6 Å². The first-order chi connectivity index (χ1) is 9.72. The molecule has 0 spiro atoms. The smallest absolute Gasteiger partial charge is 0.149 e.